The molecule has 0 aromatic carbocycles. The molecule has 0 aliphatic carbocycles. The summed E-state index contributed by atoms with van der Waals surface area (Å²) in [6.07, 6.45) is 4.48. The van der Waals surface area contributed by atoms with Crippen molar-refractivity contribution < 1.29 is 14.3 Å². The van der Waals surface area contributed by atoms with Crippen LogP contribution in [0.15, 0.2) is 24.5 Å². The number of rotatable bonds is 4. The van der Waals surface area contributed by atoms with E-state index in [1.54, 1.807) is 22.2 Å². The van der Waals surface area contributed by atoms with Crippen molar-refractivity contribution in [3.63, 3.8) is 0 Å². The van der Waals surface area contributed by atoms with Crippen molar-refractivity contribution in [2.45, 2.75) is 24.9 Å². The number of amides is 2. The highest BCUT2D eigenvalue weighted by Crippen LogP contribution is 2.19. The maximum absolute atomic E-state index is 13.0. The number of halogens is 2. The van der Waals surface area contributed by atoms with E-state index in [0.29, 0.717) is 45.7 Å². The van der Waals surface area contributed by atoms with Crippen LogP contribution in [0.4, 0.5) is 0 Å². The molecule has 25 heavy (non-hydrogen) atoms. The number of aromatic nitrogens is 1. The normalized spacial score (nSPS) is 21.3. The van der Waals surface area contributed by atoms with Gasteiger partial charge in [-0.2, -0.15) is 0 Å². The zero-order chi connectivity index (χ0) is 16.2. The summed E-state index contributed by atoms with van der Waals surface area (Å²) in [4.78, 5) is 32.7. The van der Waals surface area contributed by atoms with Gasteiger partial charge in [0.1, 0.15) is 6.04 Å². The molecule has 2 N–H and O–H groups in total. The second-order valence-electron chi connectivity index (χ2n) is 5.94. The van der Waals surface area contributed by atoms with Gasteiger partial charge in [0.05, 0.1) is 19.3 Å². The fourth-order valence-electron chi connectivity index (χ4n) is 3.10. The molecule has 0 saturated carbocycles. The molecule has 2 aliphatic rings. The van der Waals surface area contributed by atoms with Crippen molar-refractivity contribution in [1.82, 2.24) is 14.8 Å². The smallest absolute Gasteiger partial charge is 0.245 e. The molecule has 0 spiro atoms. The van der Waals surface area contributed by atoms with Crippen molar-refractivity contribution in [2.24, 2.45) is 5.73 Å². The quantitative estimate of drug-likeness (QED) is 0.795. The van der Waals surface area contributed by atoms with E-state index >= 15 is 0 Å². The minimum Gasteiger partial charge on any atom is -0.378 e. The van der Waals surface area contributed by atoms with Crippen molar-refractivity contribution in [3.8, 4) is 0 Å². The van der Waals surface area contributed by atoms with Gasteiger partial charge < -0.3 is 20.3 Å². The standard InChI is InChI=1S/C16H22N4O3.2ClH/c17-13-3-6-20(15(13)21)14(11-12-1-4-18-5-2-12)16(22)19-7-9-23-10-8-19;;/h1-2,4-5,13-14H,3,6-11,17H2;2*1H/t13-,14-;;/m0../s1. The number of morpholine rings is 1. The van der Waals surface area contributed by atoms with Gasteiger partial charge in [-0.3, -0.25) is 14.6 Å². The Morgan fingerprint density at radius 3 is 2.44 bits per heavy atom. The summed E-state index contributed by atoms with van der Waals surface area (Å²) in [5.41, 5.74) is 6.82. The number of hydrogen-bond donors (Lipinski definition) is 1. The lowest BCUT2D eigenvalue weighted by Crippen LogP contribution is -2.54. The van der Waals surface area contributed by atoms with Gasteiger partial charge in [-0.25, -0.2) is 0 Å². The second-order valence-corrected chi connectivity index (χ2v) is 5.94. The first-order chi connectivity index (χ1) is 11.2. The van der Waals surface area contributed by atoms with E-state index in [-0.39, 0.29) is 36.6 Å². The lowest BCUT2D eigenvalue weighted by atomic mass is 10.0. The Morgan fingerprint density at radius 1 is 1.24 bits per heavy atom. The van der Waals surface area contributed by atoms with Gasteiger partial charge in [-0.15, -0.1) is 24.8 Å². The molecule has 2 saturated heterocycles. The second kappa shape index (κ2) is 9.91. The van der Waals surface area contributed by atoms with Crippen LogP contribution < -0.4 is 5.73 Å². The van der Waals surface area contributed by atoms with Gasteiger partial charge in [-0.1, -0.05) is 0 Å². The molecule has 7 nitrogen and oxygen atoms in total. The van der Waals surface area contributed by atoms with Crippen LogP contribution in [0.5, 0.6) is 0 Å². The van der Waals surface area contributed by atoms with Crippen LogP contribution in [0.3, 0.4) is 0 Å². The highest BCUT2D eigenvalue weighted by molar-refractivity contribution is 5.91. The van der Waals surface area contributed by atoms with Gasteiger partial charge in [0.25, 0.3) is 0 Å². The summed E-state index contributed by atoms with van der Waals surface area (Å²) in [6.45, 7) is 2.76. The summed E-state index contributed by atoms with van der Waals surface area (Å²) in [5.74, 6) is -0.154. The lowest BCUT2D eigenvalue weighted by molar-refractivity contribution is -0.146. The van der Waals surface area contributed by atoms with Gasteiger partial charge in [0, 0.05) is 38.4 Å². The number of nitrogens with two attached hydrogens (primary N) is 1. The molecular formula is C16H24Cl2N4O3. The Morgan fingerprint density at radius 2 is 1.88 bits per heavy atom. The van der Waals surface area contributed by atoms with Gasteiger partial charge in [0.2, 0.25) is 11.8 Å². The number of carbonyl (C=O) groups is 2. The molecule has 0 bridgehead atoms. The maximum Gasteiger partial charge on any atom is 0.245 e. The third-order valence-corrected chi connectivity index (χ3v) is 4.44. The fourth-order valence-corrected chi connectivity index (χ4v) is 3.10. The molecule has 2 aliphatic heterocycles. The average Bonchev–Trinajstić information content (AvgIpc) is 2.93. The molecule has 2 amide bonds. The zero-order valence-corrected chi connectivity index (χ0v) is 15.5. The van der Waals surface area contributed by atoms with Crippen LogP contribution >= 0.6 is 24.8 Å². The number of hydrogen-bond acceptors (Lipinski definition) is 5. The Labute approximate surface area is 159 Å². The van der Waals surface area contributed by atoms with Crippen LogP contribution in [0.1, 0.15) is 12.0 Å². The highest BCUT2D eigenvalue weighted by atomic mass is 35.5. The molecule has 0 radical (unpaired) electrons. The van der Waals surface area contributed by atoms with Gasteiger partial charge in [-0.05, 0) is 24.1 Å². The van der Waals surface area contributed by atoms with E-state index < -0.39 is 12.1 Å². The first-order valence-corrected chi connectivity index (χ1v) is 7.98. The molecule has 1 aromatic heterocycles. The maximum atomic E-state index is 13.0. The number of likely N-dealkylation sites (tertiary alicyclic amines) is 1. The van der Waals surface area contributed by atoms with Crippen LogP contribution in [0.2, 0.25) is 0 Å². The molecule has 9 heteroatoms. The Kier molecular flexibility index (Phi) is 8.58. The van der Waals surface area contributed by atoms with E-state index in [2.05, 4.69) is 4.98 Å². The minimum atomic E-state index is -0.503. The lowest BCUT2D eigenvalue weighted by Gasteiger charge is -2.34. The molecule has 3 rings (SSSR count). The Bertz CT molecular complexity index is 570. The molecule has 0 unspecified atom stereocenters. The van der Waals surface area contributed by atoms with Crippen molar-refractivity contribution in [1.29, 1.82) is 0 Å². The number of pyridine rings is 1. The van der Waals surface area contributed by atoms with Crippen molar-refractivity contribution in [2.75, 3.05) is 32.8 Å². The molecule has 2 atom stereocenters. The van der Waals surface area contributed by atoms with E-state index in [4.69, 9.17) is 10.5 Å². The number of carbonyl (C=O) groups excluding carboxylic acids is 2. The van der Waals surface area contributed by atoms with Gasteiger partial charge >= 0.3 is 0 Å². The largest absolute Gasteiger partial charge is 0.378 e. The van der Waals surface area contributed by atoms with E-state index in [0.717, 1.165) is 5.56 Å². The van der Waals surface area contributed by atoms with E-state index in [1.165, 1.54) is 0 Å². The van der Waals surface area contributed by atoms with Crippen LogP contribution in [-0.4, -0.2) is 71.5 Å². The topological polar surface area (TPSA) is 88.8 Å². The summed E-state index contributed by atoms with van der Waals surface area (Å²) in [5, 5.41) is 0. The number of ether oxygens (including phenoxy) is 1. The monoisotopic (exact) mass is 390 g/mol. The average molecular weight is 391 g/mol. The van der Waals surface area contributed by atoms with E-state index in [1.807, 2.05) is 12.1 Å². The molecule has 2 fully saturated rings. The van der Waals surface area contributed by atoms with Crippen LogP contribution in [-0.2, 0) is 20.7 Å². The van der Waals surface area contributed by atoms with Crippen molar-refractivity contribution >= 4 is 36.6 Å². The Hall–Kier alpha value is -1.41. The van der Waals surface area contributed by atoms with E-state index in [9.17, 15) is 9.59 Å². The highest BCUT2D eigenvalue weighted by Gasteiger charge is 2.39. The molecule has 140 valence electrons. The number of nitrogens with zero attached hydrogens (tertiary/aromatic N) is 3. The zero-order valence-electron chi connectivity index (χ0n) is 13.9. The predicted octanol–water partition coefficient (Wildman–Crippen LogP) is 0.255. The molecule has 3 heterocycles. The summed E-state index contributed by atoms with van der Waals surface area (Å²) < 4.78 is 5.31. The van der Waals surface area contributed by atoms with Gasteiger partial charge in [0.15, 0.2) is 0 Å². The summed E-state index contributed by atoms with van der Waals surface area (Å²) in [6, 6.07) is 2.75. The predicted molar refractivity (Wildman–Crippen MR) is 97.9 cm³/mol. The van der Waals surface area contributed by atoms with Crippen molar-refractivity contribution in [3.05, 3.63) is 30.1 Å². The third kappa shape index (κ3) is 5.04. The summed E-state index contributed by atoms with van der Waals surface area (Å²) in [7, 11) is 0. The fraction of sp³-hybridized carbons (Fsp3) is 0.562. The van der Waals surface area contributed by atoms with Crippen LogP contribution in [0, 0.1) is 0 Å². The minimum absolute atomic E-state index is 0. The SMILES string of the molecule is Cl.Cl.N[C@H]1CCN([C@@H](Cc2ccncc2)C(=O)N2CCOCC2)C1=O. The molecular weight excluding hydrogens is 367 g/mol. The first kappa shape index (κ1) is 21.6. The molecule has 1 aromatic rings. The van der Waals surface area contributed by atoms with Crippen LogP contribution in [0.25, 0.3) is 0 Å². The third-order valence-electron chi connectivity index (χ3n) is 4.44. The summed E-state index contributed by atoms with van der Waals surface area (Å²) >= 11 is 0. The Balaban J connectivity index is 0.00000156. The first-order valence-electron chi connectivity index (χ1n) is 7.98.